The second-order valence-electron chi connectivity index (χ2n) is 8.29. The van der Waals surface area contributed by atoms with Gasteiger partial charge in [0.15, 0.2) is 0 Å². The van der Waals surface area contributed by atoms with Gasteiger partial charge in [0, 0.05) is 0 Å². The van der Waals surface area contributed by atoms with E-state index in [1.54, 1.807) is 0 Å². The minimum Gasteiger partial charge on any atom is -0.494 e. The lowest BCUT2D eigenvalue weighted by Crippen LogP contribution is -3.14. The van der Waals surface area contributed by atoms with E-state index in [1.165, 1.54) is 5.56 Å². The third kappa shape index (κ3) is 5.83. The summed E-state index contributed by atoms with van der Waals surface area (Å²) in [6.45, 7) is 8.69. The maximum absolute atomic E-state index is 12.7. The van der Waals surface area contributed by atoms with Crippen molar-refractivity contribution in [2.45, 2.75) is 52.2 Å². The molecule has 0 aliphatic carbocycles. The molecule has 0 fully saturated rings. The highest BCUT2D eigenvalue weighted by Crippen LogP contribution is 2.34. The molecule has 0 aliphatic heterocycles. The quantitative estimate of drug-likeness (QED) is 0.482. The fourth-order valence-corrected chi connectivity index (χ4v) is 3.49. The highest BCUT2D eigenvalue weighted by molar-refractivity contribution is 5.72. The van der Waals surface area contributed by atoms with Crippen molar-refractivity contribution in [1.29, 1.82) is 0 Å². The minimum atomic E-state index is -0.803. The van der Waals surface area contributed by atoms with Crippen LogP contribution >= 0.6 is 0 Å². The molecule has 4 heteroatoms. The molecule has 2 aromatic rings. The number of esters is 1. The first-order valence-electron chi connectivity index (χ1n) is 10.6. The zero-order valence-corrected chi connectivity index (χ0v) is 18.7. The molecule has 2 atom stereocenters. The van der Waals surface area contributed by atoms with E-state index in [-0.39, 0.29) is 17.8 Å². The zero-order chi connectivity index (χ0) is 21.4. The van der Waals surface area contributed by atoms with Gasteiger partial charge in [-0.05, 0) is 36.1 Å². The zero-order valence-electron chi connectivity index (χ0n) is 18.7. The van der Waals surface area contributed by atoms with E-state index in [1.807, 2.05) is 58.3 Å². The number of nitrogens with one attached hydrogen (secondary N) is 1. The summed E-state index contributed by atoms with van der Waals surface area (Å²) in [6, 6.07) is 18.4. The van der Waals surface area contributed by atoms with E-state index in [4.69, 9.17) is 9.47 Å². The Morgan fingerprint density at radius 1 is 1.03 bits per heavy atom. The summed E-state index contributed by atoms with van der Waals surface area (Å²) < 4.78 is 12.1. The van der Waals surface area contributed by atoms with Crippen LogP contribution in [0.1, 0.15) is 57.6 Å². The highest BCUT2D eigenvalue weighted by atomic mass is 16.6. The maximum Gasteiger partial charge on any atom is 0.313 e. The van der Waals surface area contributed by atoms with Crippen molar-refractivity contribution in [3.8, 4) is 5.75 Å². The van der Waals surface area contributed by atoms with Crippen LogP contribution in [-0.2, 0) is 15.3 Å². The number of rotatable bonds is 10. The molecule has 2 rings (SSSR count). The van der Waals surface area contributed by atoms with Crippen molar-refractivity contribution in [3.63, 3.8) is 0 Å². The molecule has 2 aromatic carbocycles. The van der Waals surface area contributed by atoms with Gasteiger partial charge in [-0.2, -0.15) is 0 Å². The Labute approximate surface area is 175 Å². The van der Waals surface area contributed by atoms with Gasteiger partial charge in [0.05, 0.1) is 38.6 Å². The lowest BCUT2D eigenvalue weighted by atomic mass is 9.86. The number of hydrogen-bond donors (Lipinski definition) is 1. The normalized spacial score (nSPS) is 14.5. The van der Waals surface area contributed by atoms with Crippen molar-refractivity contribution in [3.05, 3.63) is 65.7 Å². The fourth-order valence-electron chi connectivity index (χ4n) is 3.49. The molecule has 0 heterocycles. The van der Waals surface area contributed by atoms with E-state index >= 15 is 0 Å². The molecule has 0 aliphatic rings. The molecule has 0 saturated carbocycles. The van der Waals surface area contributed by atoms with Gasteiger partial charge in [-0.25, -0.2) is 0 Å². The number of quaternary nitrogens is 1. The monoisotopic (exact) mass is 398 g/mol. The van der Waals surface area contributed by atoms with Crippen LogP contribution in [0.3, 0.4) is 0 Å². The average molecular weight is 399 g/mol. The first-order valence-corrected chi connectivity index (χ1v) is 10.6. The third-order valence-corrected chi connectivity index (χ3v) is 5.29. The second kappa shape index (κ2) is 10.4. The molecule has 0 amide bonds. The number of carbonyl (C=O) groups is 1. The van der Waals surface area contributed by atoms with E-state index < -0.39 is 5.72 Å². The van der Waals surface area contributed by atoms with Gasteiger partial charge in [0.2, 0.25) is 0 Å². The standard InChI is InChI=1S/C25H35NO3/c1-7-16-28-23-15-11-14-22(17-23)25(26(5)6,29-24(27)19(2)3)18-20(4)21-12-9-8-10-13-21/h8-15,17,19-20H,7,16,18H2,1-6H3/p+1. The van der Waals surface area contributed by atoms with Crippen molar-refractivity contribution < 1.29 is 19.2 Å². The first kappa shape index (κ1) is 23.0. The molecular formula is C25H36NO3+. The summed E-state index contributed by atoms with van der Waals surface area (Å²) in [7, 11) is 4.09. The summed E-state index contributed by atoms with van der Waals surface area (Å²) in [5, 5.41) is 0. The lowest BCUT2D eigenvalue weighted by molar-refractivity contribution is -0.952. The van der Waals surface area contributed by atoms with Crippen LogP contribution in [0.15, 0.2) is 54.6 Å². The Balaban J connectivity index is 2.49. The first-order chi connectivity index (χ1) is 13.8. The van der Waals surface area contributed by atoms with Crippen molar-refractivity contribution in [2.75, 3.05) is 20.7 Å². The number of benzene rings is 2. The SMILES string of the molecule is CCCOc1cccc(C(CC(C)c2ccccc2)(OC(=O)C(C)C)[NH+](C)C)c1. The molecule has 158 valence electrons. The Morgan fingerprint density at radius 3 is 2.31 bits per heavy atom. The van der Waals surface area contributed by atoms with Crippen molar-refractivity contribution in [2.24, 2.45) is 5.92 Å². The highest BCUT2D eigenvalue weighted by Gasteiger charge is 2.45. The molecule has 2 unspecified atom stereocenters. The topological polar surface area (TPSA) is 40.0 Å². The Morgan fingerprint density at radius 2 is 1.72 bits per heavy atom. The van der Waals surface area contributed by atoms with Crippen LogP contribution in [-0.4, -0.2) is 26.7 Å². The summed E-state index contributed by atoms with van der Waals surface area (Å²) >= 11 is 0. The lowest BCUT2D eigenvalue weighted by Gasteiger charge is -2.38. The van der Waals surface area contributed by atoms with Crippen LogP contribution in [0, 0.1) is 5.92 Å². The molecule has 4 nitrogen and oxygen atoms in total. The number of carbonyl (C=O) groups excluding carboxylic acids is 1. The van der Waals surface area contributed by atoms with Crippen LogP contribution < -0.4 is 9.64 Å². The average Bonchev–Trinajstić information content (AvgIpc) is 2.72. The number of hydrogen-bond acceptors (Lipinski definition) is 3. The molecular weight excluding hydrogens is 362 g/mol. The van der Waals surface area contributed by atoms with E-state index in [9.17, 15) is 4.79 Å². The van der Waals surface area contributed by atoms with Crippen LogP contribution in [0.4, 0.5) is 0 Å². The predicted octanol–water partition coefficient (Wildman–Crippen LogP) is 4.17. The van der Waals surface area contributed by atoms with Gasteiger partial charge in [-0.1, -0.05) is 64.1 Å². The molecule has 0 radical (unpaired) electrons. The van der Waals surface area contributed by atoms with E-state index in [0.29, 0.717) is 13.0 Å². The van der Waals surface area contributed by atoms with Gasteiger partial charge in [0.25, 0.3) is 5.72 Å². The molecule has 0 spiro atoms. The van der Waals surface area contributed by atoms with E-state index in [2.05, 4.69) is 38.1 Å². The van der Waals surface area contributed by atoms with E-state index in [0.717, 1.165) is 22.6 Å². The summed E-state index contributed by atoms with van der Waals surface area (Å²) in [6.07, 6.45) is 1.62. The molecule has 29 heavy (non-hydrogen) atoms. The summed E-state index contributed by atoms with van der Waals surface area (Å²) in [4.78, 5) is 13.8. The Bertz CT molecular complexity index is 773. The number of ether oxygens (including phenoxy) is 2. The van der Waals surface area contributed by atoms with Crippen LogP contribution in [0.25, 0.3) is 0 Å². The van der Waals surface area contributed by atoms with Gasteiger partial charge in [-0.15, -0.1) is 0 Å². The summed E-state index contributed by atoms with van der Waals surface area (Å²) in [5.74, 6) is 0.640. The molecule has 0 aromatic heterocycles. The van der Waals surface area contributed by atoms with Crippen LogP contribution in [0.5, 0.6) is 5.75 Å². The van der Waals surface area contributed by atoms with Gasteiger partial charge < -0.3 is 9.47 Å². The molecule has 0 saturated heterocycles. The summed E-state index contributed by atoms with van der Waals surface area (Å²) in [5.41, 5.74) is 1.39. The van der Waals surface area contributed by atoms with Crippen molar-refractivity contribution >= 4 is 5.97 Å². The van der Waals surface area contributed by atoms with Crippen LogP contribution in [0.2, 0.25) is 0 Å². The van der Waals surface area contributed by atoms with Crippen molar-refractivity contribution in [1.82, 2.24) is 0 Å². The predicted molar refractivity (Wildman–Crippen MR) is 117 cm³/mol. The molecule has 1 N–H and O–H groups in total. The smallest absolute Gasteiger partial charge is 0.313 e. The minimum absolute atomic E-state index is 0.189. The fraction of sp³-hybridized carbons (Fsp3) is 0.480. The van der Waals surface area contributed by atoms with Gasteiger partial charge in [0.1, 0.15) is 5.75 Å². The van der Waals surface area contributed by atoms with Gasteiger partial charge in [-0.3, -0.25) is 9.69 Å². The Kier molecular flexibility index (Phi) is 8.27. The Hall–Kier alpha value is -2.33. The third-order valence-electron chi connectivity index (χ3n) is 5.29. The second-order valence-corrected chi connectivity index (χ2v) is 8.29. The molecule has 0 bridgehead atoms. The largest absolute Gasteiger partial charge is 0.494 e. The van der Waals surface area contributed by atoms with Gasteiger partial charge >= 0.3 is 5.97 Å². The maximum atomic E-state index is 12.7.